The molecular weight excluding hydrogens is 350 g/mol. The number of thiophene rings is 1. The Hall–Kier alpha value is -2.85. The lowest BCUT2D eigenvalue weighted by atomic mass is 9.97. The monoisotopic (exact) mass is 369 g/mol. The molecule has 0 fully saturated rings. The second kappa shape index (κ2) is 7.58. The summed E-state index contributed by atoms with van der Waals surface area (Å²) in [6, 6.07) is 12.0. The van der Waals surface area contributed by atoms with Crippen molar-refractivity contribution in [3.8, 4) is 6.07 Å². The highest BCUT2D eigenvalue weighted by molar-refractivity contribution is 7.16. The van der Waals surface area contributed by atoms with E-state index in [0.29, 0.717) is 30.0 Å². The van der Waals surface area contributed by atoms with Crippen LogP contribution in [-0.2, 0) is 17.8 Å². The first-order valence-electron chi connectivity index (χ1n) is 8.37. The Morgan fingerprint density at radius 3 is 2.77 bits per heavy atom. The minimum Gasteiger partial charge on any atom is -0.465 e. The van der Waals surface area contributed by atoms with E-state index in [1.807, 2.05) is 37.3 Å². The standard InChI is InChI=1S/C19H19N3O3S/c1-12(13-5-3-2-4-6-13)9-17(23)21-18-15(10-20)14-7-8-22(19(24)25)11-16(14)26-18/h2-6,12H,7-9,11H2,1H3,(H,21,23)(H,24,25). The number of hydrogen-bond acceptors (Lipinski definition) is 4. The van der Waals surface area contributed by atoms with Crippen molar-refractivity contribution in [2.45, 2.75) is 32.2 Å². The summed E-state index contributed by atoms with van der Waals surface area (Å²) in [5.41, 5.74) is 2.42. The molecule has 0 bridgehead atoms. The van der Waals surface area contributed by atoms with Gasteiger partial charge in [0.05, 0.1) is 12.1 Å². The molecule has 2 N–H and O–H groups in total. The third-order valence-electron chi connectivity index (χ3n) is 4.55. The van der Waals surface area contributed by atoms with Crippen molar-refractivity contribution in [1.82, 2.24) is 4.90 Å². The number of rotatable bonds is 4. The maximum absolute atomic E-state index is 12.4. The Labute approximate surface area is 155 Å². The zero-order valence-electron chi connectivity index (χ0n) is 14.4. The van der Waals surface area contributed by atoms with E-state index in [2.05, 4.69) is 11.4 Å². The zero-order valence-corrected chi connectivity index (χ0v) is 15.2. The fourth-order valence-electron chi connectivity index (χ4n) is 3.13. The molecule has 6 nitrogen and oxygen atoms in total. The van der Waals surface area contributed by atoms with Gasteiger partial charge in [0.1, 0.15) is 11.1 Å². The topological polar surface area (TPSA) is 93.4 Å². The molecule has 2 heterocycles. The lowest BCUT2D eigenvalue weighted by Crippen LogP contribution is -2.34. The van der Waals surface area contributed by atoms with Crippen molar-refractivity contribution in [3.63, 3.8) is 0 Å². The fraction of sp³-hybridized carbons (Fsp3) is 0.316. The summed E-state index contributed by atoms with van der Waals surface area (Å²) in [5, 5.41) is 22.0. The molecule has 0 radical (unpaired) electrons. The molecule has 0 saturated heterocycles. The summed E-state index contributed by atoms with van der Waals surface area (Å²) in [4.78, 5) is 25.7. The molecule has 2 aromatic rings. The number of nitriles is 1. The summed E-state index contributed by atoms with van der Waals surface area (Å²) >= 11 is 1.30. The molecule has 1 aliphatic heterocycles. The van der Waals surface area contributed by atoms with Crippen molar-refractivity contribution in [2.24, 2.45) is 0 Å². The molecule has 1 aromatic heterocycles. The van der Waals surface area contributed by atoms with E-state index in [-0.39, 0.29) is 18.4 Å². The highest BCUT2D eigenvalue weighted by Gasteiger charge is 2.27. The van der Waals surface area contributed by atoms with E-state index >= 15 is 0 Å². The van der Waals surface area contributed by atoms with Crippen molar-refractivity contribution in [1.29, 1.82) is 5.26 Å². The summed E-state index contributed by atoms with van der Waals surface area (Å²) in [7, 11) is 0. The van der Waals surface area contributed by atoms with E-state index in [0.717, 1.165) is 16.0 Å². The second-order valence-electron chi connectivity index (χ2n) is 6.34. The van der Waals surface area contributed by atoms with Crippen molar-refractivity contribution in [3.05, 3.63) is 51.9 Å². The summed E-state index contributed by atoms with van der Waals surface area (Å²) < 4.78 is 0. The van der Waals surface area contributed by atoms with Crippen LogP contribution in [0, 0.1) is 11.3 Å². The van der Waals surface area contributed by atoms with Crippen LogP contribution < -0.4 is 5.32 Å². The number of nitrogens with one attached hydrogen (secondary N) is 1. The van der Waals surface area contributed by atoms with E-state index in [1.54, 1.807) is 0 Å². The van der Waals surface area contributed by atoms with E-state index in [9.17, 15) is 14.9 Å². The van der Waals surface area contributed by atoms with Crippen LogP contribution in [0.15, 0.2) is 30.3 Å². The number of fused-ring (bicyclic) bond motifs is 1. The van der Waals surface area contributed by atoms with Gasteiger partial charge in [0.25, 0.3) is 0 Å². The van der Waals surface area contributed by atoms with Crippen LogP contribution in [0.1, 0.15) is 40.8 Å². The third-order valence-corrected chi connectivity index (χ3v) is 5.68. The molecule has 1 aliphatic rings. The predicted octanol–water partition coefficient (Wildman–Crippen LogP) is 3.79. The van der Waals surface area contributed by atoms with Gasteiger partial charge in [-0.1, -0.05) is 37.3 Å². The molecule has 0 aliphatic carbocycles. The van der Waals surface area contributed by atoms with Crippen LogP contribution in [0.5, 0.6) is 0 Å². The number of carbonyl (C=O) groups is 2. The number of carboxylic acid groups (broad SMARTS) is 1. The highest BCUT2D eigenvalue weighted by atomic mass is 32.1. The summed E-state index contributed by atoms with van der Waals surface area (Å²) in [5.74, 6) is -0.0784. The zero-order chi connectivity index (χ0) is 18.7. The quantitative estimate of drug-likeness (QED) is 0.857. The van der Waals surface area contributed by atoms with E-state index < -0.39 is 6.09 Å². The Morgan fingerprint density at radius 2 is 2.12 bits per heavy atom. The molecule has 0 spiro atoms. The Kier molecular flexibility index (Phi) is 5.24. The van der Waals surface area contributed by atoms with Gasteiger partial charge in [0.15, 0.2) is 0 Å². The number of nitrogens with zero attached hydrogens (tertiary/aromatic N) is 2. The minimum absolute atomic E-state index is 0.0684. The van der Waals surface area contributed by atoms with Crippen molar-refractivity contribution < 1.29 is 14.7 Å². The highest BCUT2D eigenvalue weighted by Crippen LogP contribution is 2.37. The first kappa shape index (κ1) is 18.0. The van der Waals surface area contributed by atoms with Gasteiger partial charge in [-0.2, -0.15) is 5.26 Å². The number of anilines is 1. The molecule has 0 saturated carbocycles. The normalized spacial score (nSPS) is 14.2. The van der Waals surface area contributed by atoms with Gasteiger partial charge < -0.3 is 15.3 Å². The van der Waals surface area contributed by atoms with Gasteiger partial charge in [0, 0.05) is 17.8 Å². The number of hydrogen-bond donors (Lipinski definition) is 2. The number of carbonyl (C=O) groups excluding carboxylic acids is 1. The SMILES string of the molecule is CC(CC(=O)Nc1sc2c(c1C#N)CCN(C(=O)O)C2)c1ccccc1. The molecule has 134 valence electrons. The Morgan fingerprint density at radius 1 is 1.38 bits per heavy atom. The van der Waals surface area contributed by atoms with Crippen LogP contribution in [0.4, 0.5) is 9.80 Å². The second-order valence-corrected chi connectivity index (χ2v) is 7.44. The summed E-state index contributed by atoms with van der Waals surface area (Å²) in [6.45, 7) is 2.62. The predicted molar refractivity (Wildman–Crippen MR) is 99.3 cm³/mol. The fourth-order valence-corrected chi connectivity index (χ4v) is 4.36. The molecule has 1 unspecified atom stereocenters. The first-order valence-corrected chi connectivity index (χ1v) is 9.18. The largest absolute Gasteiger partial charge is 0.465 e. The molecule has 1 aromatic carbocycles. The van der Waals surface area contributed by atoms with Gasteiger partial charge in [-0.05, 0) is 23.5 Å². The van der Waals surface area contributed by atoms with Crippen LogP contribution in [-0.4, -0.2) is 28.6 Å². The van der Waals surface area contributed by atoms with Crippen molar-refractivity contribution >= 4 is 28.3 Å². The smallest absolute Gasteiger partial charge is 0.407 e. The van der Waals surface area contributed by atoms with Gasteiger partial charge in [0.2, 0.25) is 5.91 Å². The van der Waals surface area contributed by atoms with Crippen LogP contribution in [0.2, 0.25) is 0 Å². The lowest BCUT2D eigenvalue weighted by molar-refractivity contribution is -0.116. The molecule has 7 heteroatoms. The maximum atomic E-state index is 12.4. The first-order chi connectivity index (χ1) is 12.5. The van der Waals surface area contributed by atoms with Crippen molar-refractivity contribution in [2.75, 3.05) is 11.9 Å². The summed E-state index contributed by atoms with van der Waals surface area (Å²) in [6.07, 6.45) is -0.152. The van der Waals surface area contributed by atoms with Crippen LogP contribution in [0.25, 0.3) is 0 Å². The Balaban J connectivity index is 1.73. The van der Waals surface area contributed by atoms with E-state index in [1.165, 1.54) is 16.2 Å². The van der Waals surface area contributed by atoms with Gasteiger partial charge in [-0.3, -0.25) is 4.79 Å². The van der Waals surface area contributed by atoms with Crippen LogP contribution in [0.3, 0.4) is 0 Å². The lowest BCUT2D eigenvalue weighted by Gasteiger charge is -2.23. The number of amides is 2. The average Bonchev–Trinajstić information content (AvgIpc) is 2.98. The average molecular weight is 369 g/mol. The molecular formula is C19H19N3O3S. The molecule has 2 amide bonds. The Bertz CT molecular complexity index is 870. The minimum atomic E-state index is -0.968. The molecule has 3 rings (SSSR count). The maximum Gasteiger partial charge on any atom is 0.407 e. The number of benzene rings is 1. The van der Waals surface area contributed by atoms with Gasteiger partial charge in [-0.15, -0.1) is 11.3 Å². The van der Waals surface area contributed by atoms with Crippen LogP contribution >= 0.6 is 11.3 Å². The van der Waals surface area contributed by atoms with Gasteiger partial charge >= 0.3 is 6.09 Å². The molecule has 26 heavy (non-hydrogen) atoms. The third kappa shape index (κ3) is 3.70. The van der Waals surface area contributed by atoms with Gasteiger partial charge in [-0.25, -0.2) is 4.79 Å². The molecule has 1 atom stereocenters. The van der Waals surface area contributed by atoms with E-state index in [4.69, 9.17) is 5.11 Å².